The summed E-state index contributed by atoms with van der Waals surface area (Å²) in [4.78, 5) is 11.5. The van der Waals surface area contributed by atoms with E-state index in [1.807, 2.05) is 19.2 Å². The van der Waals surface area contributed by atoms with Gasteiger partial charge in [0.05, 0.1) is 18.2 Å². The van der Waals surface area contributed by atoms with Gasteiger partial charge >= 0.3 is 0 Å². The minimum absolute atomic E-state index is 0.0586. The van der Waals surface area contributed by atoms with Crippen LogP contribution >= 0.6 is 23.4 Å². The van der Waals surface area contributed by atoms with E-state index in [1.165, 1.54) is 25.8 Å². The number of aromatic nitrogens is 3. The fourth-order valence-corrected chi connectivity index (χ4v) is 3.74. The Morgan fingerprint density at radius 1 is 1.16 bits per heavy atom. The first kappa shape index (κ1) is 23.9. The largest absolute Gasteiger partial charge is 0.493 e. The first-order chi connectivity index (χ1) is 15.4. The summed E-state index contributed by atoms with van der Waals surface area (Å²) < 4.78 is 18.5. The van der Waals surface area contributed by atoms with E-state index in [9.17, 15) is 9.90 Å². The van der Waals surface area contributed by atoms with Gasteiger partial charge in [0.15, 0.2) is 28.3 Å². The maximum absolute atomic E-state index is 11.5. The number of hydrogen-bond donors (Lipinski definition) is 1. The molecule has 1 atom stereocenters. The number of aliphatic hydroxyl groups excluding tert-OH is 1. The lowest BCUT2D eigenvalue weighted by Crippen LogP contribution is -2.20. The van der Waals surface area contributed by atoms with Crippen LogP contribution in [0.15, 0.2) is 47.6 Å². The molecule has 0 radical (unpaired) electrons. The van der Waals surface area contributed by atoms with Crippen molar-refractivity contribution in [2.45, 2.75) is 24.8 Å². The first-order valence-electron chi connectivity index (χ1n) is 9.77. The number of methoxy groups -OCH3 is 1. The molecule has 0 fully saturated rings. The topological polar surface area (TPSA) is 95.7 Å². The zero-order valence-electron chi connectivity index (χ0n) is 17.9. The molecule has 170 valence electrons. The molecule has 1 N–H and O–H groups in total. The number of carbonyl (C=O) groups is 1. The molecule has 0 aliphatic carbocycles. The Morgan fingerprint density at radius 2 is 1.94 bits per heavy atom. The second-order valence-corrected chi connectivity index (χ2v) is 8.27. The van der Waals surface area contributed by atoms with E-state index in [1.54, 1.807) is 34.9 Å². The van der Waals surface area contributed by atoms with E-state index in [4.69, 9.17) is 25.8 Å². The highest BCUT2D eigenvalue weighted by molar-refractivity contribution is 7.99. The predicted molar refractivity (Wildman–Crippen MR) is 122 cm³/mol. The Bertz CT molecular complexity index is 1080. The molecular weight excluding hydrogens is 454 g/mol. The maximum atomic E-state index is 11.5. The van der Waals surface area contributed by atoms with Crippen LogP contribution in [0.5, 0.6) is 17.2 Å². The first-order valence-corrected chi connectivity index (χ1v) is 11.1. The normalized spacial score (nSPS) is 11.8. The number of nitrogens with zero attached hydrogens (tertiary/aromatic N) is 3. The van der Waals surface area contributed by atoms with Gasteiger partial charge in [-0.3, -0.25) is 4.79 Å². The third-order valence-corrected chi connectivity index (χ3v) is 6.00. The number of para-hydroxylation sites is 1. The monoisotopic (exact) mass is 477 g/mol. The summed E-state index contributed by atoms with van der Waals surface area (Å²) in [6.45, 7) is 1.76. The van der Waals surface area contributed by atoms with Crippen molar-refractivity contribution in [2.75, 3.05) is 19.5 Å². The van der Waals surface area contributed by atoms with Crippen molar-refractivity contribution in [3.05, 3.63) is 58.9 Å². The number of aliphatic hydroxyl groups is 1. The highest BCUT2D eigenvalue weighted by atomic mass is 35.5. The number of ether oxygens (including phenoxy) is 3. The minimum Gasteiger partial charge on any atom is -0.493 e. The van der Waals surface area contributed by atoms with E-state index in [2.05, 4.69) is 10.2 Å². The Balaban J connectivity index is 1.50. The van der Waals surface area contributed by atoms with Crippen molar-refractivity contribution in [3.8, 4) is 17.2 Å². The van der Waals surface area contributed by atoms with Crippen LogP contribution in [0, 0.1) is 0 Å². The standard InChI is InChI=1S/C22H24ClN3O5S/c1-14(27)15-8-9-19(20(10-15)29-3)30-11-16(28)13-32-22-25-24-21(26(22)2)12-31-18-7-5-4-6-17(18)23/h4-10,16,28H,11-13H2,1-3H3. The Kier molecular flexibility index (Phi) is 8.38. The number of carbonyl (C=O) groups excluding carboxylic acids is 1. The fourth-order valence-electron chi connectivity index (χ4n) is 2.71. The van der Waals surface area contributed by atoms with Gasteiger partial charge in [-0.2, -0.15) is 0 Å². The summed E-state index contributed by atoms with van der Waals surface area (Å²) in [5.41, 5.74) is 0.530. The van der Waals surface area contributed by atoms with Crippen LogP contribution < -0.4 is 14.2 Å². The molecule has 0 spiro atoms. The van der Waals surface area contributed by atoms with Crippen molar-refractivity contribution in [2.24, 2.45) is 7.05 Å². The van der Waals surface area contributed by atoms with Crippen LogP contribution in [0.1, 0.15) is 23.1 Å². The number of thioether (sulfide) groups is 1. The second kappa shape index (κ2) is 11.2. The summed E-state index contributed by atoms with van der Waals surface area (Å²) in [6.07, 6.45) is -0.753. The highest BCUT2D eigenvalue weighted by Gasteiger charge is 2.15. The molecule has 1 heterocycles. The van der Waals surface area contributed by atoms with Gasteiger partial charge in [0.1, 0.15) is 19.0 Å². The Labute approximate surface area is 195 Å². The third kappa shape index (κ3) is 6.15. The molecule has 0 aliphatic heterocycles. The van der Waals surface area contributed by atoms with Crippen molar-refractivity contribution < 1.29 is 24.1 Å². The average molecular weight is 478 g/mol. The van der Waals surface area contributed by atoms with Gasteiger partial charge in [-0.1, -0.05) is 35.5 Å². The van der Waals surface area contributed by atoms with Crippen LogP contribution in [0.25, 0.3) is 0 Å². The van der Waals surface area contributed by atoms with Gasteiger partial charge in [0, 0.05) is 18.4 Å². The lowest BCUT2D eigenvalue weighted by molar-refractivity contribution is 0.101. The van der Waals surface area contributed by atoms with E-state index >= 15 is 0 Å². The molecule has 1 unspecified atom stereocenters. The molecule has 0 saturated carbocycles. The number of rotatable bonds is 11. The third-order valence-electron chi connectivity index (χ3n) is 4.52. The van der Waals surface area contributed by atoms with Crippen LogP contribution in [0.3, 0.4) is 0 Å². The highest BCUT2D eigenvalue weighted by Crippen LogP contribution is 2.29. The molecule has 0 amide bonds. The van der Waals surface area contributed by atoms with Crippen LogP contribution in [-0.2, 0) is 13.7 Å². The van der Waals surface area contributed by atoms with Gasteiger partial charge in [-0.05, 0) is 37.3 Å². The number of ketones is 1. The molecule has 3 rings (SSSR count). The van der Waals surface area contributed by atoms with Crippen molar-refractivity contribution in [1.29, 1.82) is 0 Å². The van der Waals surface area contributed by atoms with Gasteiger partial charge in [0.25, 0.3) is 0 Å². The summed E-state index contributed by atoms with van der Waals surface area (Å²) in [6, 6.07) is 12.1. The average Bonchev–Trinajstić information content (AvgIpc) is 3.14. The number of halogens is 1. The molecule has 2 aromatic carbocycles. The van der Waals surface area contributed by atoms with Crippen LogP contribution in [0.2, 0.25) is 5.02 Å². The summed E-state index contributed by atoms with van der Waals surface area (Å²) in [7, 11) is 3.33. The van der Waals surface area contributed by atoms with Crippen LogP contribution in [-0.4, -0.2) is 51.2 Å². The van der Waals surface area contributed by atoms with E-state index in [0.717, 1.165) is 0 Å². The van der Waals surface area contributed by atoms with E-state index < -0.39 is 6.10 Å². The second-order valence-electron chi connectivity index (χ2n) is 6.87. The molecule has 1 aromatic heterocycles. The SMILES string of the molecule is COc1cc(C(C)=O)ccc1OCC(O)CSc1nnc(COc2ccccc2Cl)n1C. The smallest absolute Gasteiger partial charge is 0.191 e. The molecule has 0 aliphatic rings. The van der Waals surface area contributed by atoms with Gasteiger partial charge in [0.2, 0.25) is 0 Å². The quantitative estimate of drug-likeness (QED) is 0.329. The maximum Gasteiger partial charge on any atom is 0.191 e. The molecule has 8 nitrogen and oxygen atoms in total. The molecule has 10 heteroatoms. The lowest BCUT2D eigenvalue weighted by atomic mass is 10.1. The van der Waals surface area contributed by atoms with E-state index in [-0.39, 0.29) is 19.0 Å². The Morgan fingerprint density at radius 3 is 2.66 bits per heavy atom. The summed E-state index contributed by atoms with van der Waals surface area (Å²) in [5.74, 6) is 2.39. The lowest BCUT2D eigenvalue weighted by Gasteiger charge is -2.14. The van der Waals surface area contributed by atoms with Gasteiger partial charge in [-0.15, -0.1) is 10.2 Å². The Hall–Kier alpha value is -2.75. The minimum atomic E-state index is -0.753. The molecule has 0 bridgehead atoms. The van der Waals surface area contributed by atoms with Crippen molar-refractivity contribution in [3.63, 3.8) is 0 Å². The van der Waals surface area contributed by atoms with Crippen molar-refractivity contribution >= 4 is 29.1 Å². The zero-order valence-corrected chi connectivity index (χ0v) is 19.5. The number of Topliss-reactive ketones (excluding diaryl/α,β-unsaturated/α-hetero) is 1. The molecular formula is C22H24ClN3O5S. The van der Waals surface area contributed by atoms with Crippen molar-refractivity contribution in [1.82, 2.24) is 14.8 Å². The zero-order chi connectivity index (χ0) is 23.1. The molecule has 32 heavy (non-hydrogen) atoms. The summed E-state index contributed by atoms with van der Waals surface area (Å²) >= 11 is 7.45. The van der Waals surface area contributed by atoms with Gasteiger partial charge in [-0.25, -0.2) is 0 Å². The number of hydrogen-bond acceptors (Lipinski definition) is 8. The predicted octanol–water partition coefficient (Wildman–Crippen LogP) is 3.79. The van der Waals surface area contributed by atoms with E-state index in [0.29, 0.717) is 44.6 Å². The van der Waals surface area contributed by atoms with Gasteiger partial charge < -0.3 is 23.9 Å². The fraction of sp³-hybridized carbons (Fsp3) is 0.318. The number of benzene rings is 2. The molecule has 3 aromatic rings. The molecule has 0 saturated heterocycles. The summed E-state index contributed by atoms with van der Waals surface area (Å²) in [5, 5.41) is 19.8. The van der Waals surface area contributed by atoms with Crippen LogP contribution in [0.4, 0.5) is 0 Å².